The molecular formula is C25H42O4. The van der Waals surface area contributed by atoms with E-state index in [0.29, 0.717) is 12.0 Å². The molecule has 0 aromatic heterocycles. The number of carbonyl (C=O) groups is 1. The maximum atomic E-state index is 10.4. The summed E-state index contributed by atoms with van der Waals surface area (Å²) >= 11 is 0. The maximum absolute atomic E-state index is 10.4. The number of phenols is 2. The lowest BCUT2D eigenvalue weighted by atomic mass is 10.0. The van der Waals surface area contributed by atoms with Crippen LogP contribution in [0.3, 0.4) is 0 Å². The van der Waals surface area contributed by atoms with Gasteiger partial charge in [-0.1, -0.05) is 96.0 Å². The number of unbranched alkanes of at least 4 members (excludes halogenated alkanes) is 15. The number of phenolic OH excluding ortho intramolecular Hbond substituents is 2. The van der Waals surface area contributed by atoms with Crippen LogP contribution in [-0.4, -0.2) is 21.3 Å². The smallest absolute Gasteiger partial charge is 0.303 e. The minimum absolute atomic E-state index is 0.209. The second-order valence-electron chi connectivity index (χ2n) is 8.33. The number of carboxylic acid groups (broad SMARTS) is 1. The van der Waals surface area contributed by atoms with E-state index in [0.717, 1.165) is 32.1 Å². The molecule has 0 saturated carbocycles. The minimum atomic E-state index is -0.671. The number of hydrogen-bond acceptors (Lipinski definition) is 3. The Hall–Kier alpha value is -1.71. The Kier molecular flexibility index (Phi) is 15.0. The first-order valence-electron chi connectivity index (χ1n) is 11.8. The molecule has 1 aromatic carbocycles. The van der Waals surface area contributed by atoms with Gasteiger partial charge in [0.05, 0.1) is 0 Å². The van der Waals surface area contributed by atoms with E-state index in [9.17, 15) is 15.0 Å². The van der Waals surface area contributed by atoms with Crippen molar-refractivity contribution in [3.63, 3.8) is 0 Å². The molecule has 0 bridgehead atoms. The third-order valence-corrected chi connectivity index (χ3v) is 5.69. The summed E-state index contributed by atoms with van der Waals surface area (Å²) in [5.74, 6) is -0.253. The molecule has 166 valence electrons. The topological polar surface area (TPSA) is 77.8 Å². The van der Waals surface area contributed by atoms with Gasteiger partial charge >= 0.3 is 5.97 Å². The predicted molar refractivity (Wildman–Crippen MR) is 120 cm³/mol. The SMILES string of the molecule is O=C(O)CCCCCCCCCCCCCCCCCCc1c(O)cccc1O. The molecule has 0 aliphatic heterocycles. The van der Waals surface area contributed by atoms with Gasteiger partial charge in [-0.25, -0.2) is 0 Å². The van der Waals surface area contributed by atoms with Crippen LogP contribution in [0.5, 0.6) is 11.5 Å². The number of benzene rings is 1. The van der Waals surface area contributed by atoms with E-state index in [4.69, 9.17) is 5.11 Å². The predicted octanol–water partition coefficient (Wildman–Crippen LogP) is 7.36. The Bertz CT molecular complexity index is 521. The van der Waals surface area contributed by atoms with Gasteiger partial charge in [0.25, 0.3) is 0 Å². The summed E-state index contributed by atoms with van der Waals surface area (Å²) < 4.78 is 0. The number of aliphatic carboxylic acids is 1. The second kappa shape index (κ2) is 17.2. The first kappa shape index (κ1) is 25.3. The molecule has 1 aromatic rings. The fourth-order valence-electron chi connectivity index (χ4n) is 3.87. The zero-order valence-corrected chi connectivity index (χ0v) is 18.2. The van der Waals surface area contributed by atoms with Crippen molar-refractivity contribution in [1.82, 2.24) is 0 Å². The molecule has 4 nitrogen and oxygen atoms in total. The number of aromatic hydroxyl groups is 2. The fourth-order valence-corrected chi connectivity index (χ4v) is 3.87. The van der Waals surface area contributed by atoms with Gasteiger partial charge in [-0.3, -0.25) is 4.79 Å². The van der Waals surface area contributed by atoms with Crippen molar-refractivity contribution in [2.24, 2.45) is 0 Å². The van der Waals surface area contributed by atoms with Crippen LogP contribution in [0.25, 0.3) is 0 Å². The average molecular weight is 407 g/mol. The molecule has 0 fully saturated rings. The number of rotatable bonds is 19. The van der Waals surface area contributed by atoms with Crippen molar-refractivity contribution in [2.75, 3.05) is 0 Å². The molecule has 0 unspecified atom stereocenters. The Morgan fingerprint density at radius 1 is 0.586 bits per heavy atom. The highest BCUT2D eigenvalue weighted by Gasteiger charge is 2.05. The van der Waals surface area contributed by atoms with Gasteiger partial charge in [-0.2, -0.15) is 0 Å². The van der Waals surface area contributed by atoms with Crippen molar-refractivity contribution in [3.8, 4) is 11.5 Å². The lowest BCUT2D eigenvalue weighted by Gasteiger charge is -2.07. The van der Waals surface area contributed by atoms with E-state index in [1.54, 1.807) is 18.2 Å². The Labute approximate surface area is 177 Å². The van der Waals surface area contributed by atoms with Crippen LogP contribution in [0, 0.1) is 0 Å². The quantitative estimate of drug-likeness (QED) is 0.210. The Balaban J connectivity index is 1.78. The van der Waals surface area contributed by atoms with Crippen LogP contribution in [0.2, 0.25) is 0 Å². The van der Waals surface area contributed by atoms with Gasteiger partial charge < -0.3 is 15.3 Å². The Morgan fingerprint density at radius 2 is 0.931 bits per heavy atom. The lowest BCUT2D eigenvalue weighted by Crippen LogP contribution is -1.93. The van der Waals surface area contributed by atoms with Gasteiger partial charge in [-0.15, -0.1) is 0 Å². The van der Waals surface area contributed by atoms with Crippen LogP contribution in [0.4, 0.5) is 0 Å². The van der Waals surface area contributed by atoms with Gasteiger partial charge in [0, 0.05) is 12.0 Å². The van der Waals surface area contributed by atoms with Crippen molar-refractivity contribution in [2.45, 2.75) is 116 Å². The Morgan fingerprint density at radius 3 is 1.31 bits per heavy atom. The molecular weight excluding hydrogens is 364 g/mol. The summed E-state index contributed by atoms with van der Waals surface area (Å²) in [5.41, 5.74) is 0.686. The third kappa shape index (κ3) is 14.0. The van der Waals surface area contributed by atoms with Crippen LogP contribution in [-0.2, 0) is 11.2 Å². The number of carboxylic acids is 1. The molecule has 0 aliphatic rings. The normalized spacial score (nSPS) is 11.0. The van der Waals surface area contributed by atoms with E-state index in [1.807, 2.05) is 0 Å². The fraction of sp³-hybridized carbons (Fsp3) is 0.720. The van der Waals surface area contributed by atoms with Crippen LogP contribution < -0.4 is 0 Å². The van der Waals surface area contributed by atoms with Crippen LogP contribution in [0.1, 0.15) is 115 Å². The first-order chi connectivity index (χ1) is 14.1. The third-order valence-electron chi connectivity index (χ3n) is 5.69. The van der Waals surface area contributed by atoms with E-state index in [-0.39, 0.29) is 11.5 Å². The summed E-state index contributed by atoms with van der Waals surface area (Å²) in [6.07, 6.45) is 20.8. The first-order valence-corrected chi connectivity index (χ1v) is 11.8. The van der Waals surface area contributed by atoms with Crippen molar-refractivity contribution in [3.05, 3.63) is 23.8 Å². The van der Waals surface area contributed by atoms with Gasteiger partial charge in [0.15, 0.2) is 0 Å². The number of hydrogen-bond donors (Lipinski definition) is 3. The molecule has 0 amide bonds. The van der Waals surface area contributed by atoms with Crippen molar-refractivity contribution < 1.29 is 20.1 Å². The van der Waals surface area contributed by atoms with E-state index in [2.05, 4.69) is 0 Å². The van der Waals surface area contributed by atoms with E-state index in [1.165, 1.54) is 77.0 Å². The van der Waals surface area contributed by atoms with Crippen LogP contribution >= 0.6 is 0 Å². The molecule has 0 heterocycles. The minimum Gasteiger partial charge on any atom is -0.508 e. The molecule has 0 spiro atoms. The molecule has 0 radical (unpaired) electrons. The molecule has 0 saturated heterocycles. The maximum Gasteiger partial charge on any atom is 0.303 e. The van der Waals surface area contributed by atoms with E-state index >= 15 is 0 Å². The van der Waals surface area contributed by atoms with Crippen molar-refractivity contribution >= 4 is 5.97 Å². The summed E-state index contributed by atoms with van der Waals surface area (Å²) in [5, 5.41) is 28.1. The molecule has 0 aliphatic carbocycles. The summed E-state index contributed by atoms with van der Waals surface area (Å²) in [4.78, 5) is 10.4. The zero-order valence-electron chi connectivity index (χ0n) is 18.2. The monoisotopic (exact) mass is 406 g/mol. The van der Waals surface area contributed by atoms with Gasteiger partial charge in [0.2, 0.25) is 0 Å². The lowest BCUT2D eigenvalue weighted by molar-refractivity contribution is -0.137. The highest BCUT2D eigenvalue weighted by Crippen LogP contribution is 2.28. The molecule has 0 atom stereocenters. The molecule has 29 heavy (non-hydrogen) atoms. The summed E-state index contributed by atoms with van der Waals surface area (Å²) in [6.45, 7) is 0. The zero-order chi connectivity index (χ0) is 21.2. The molecule has 1 rings (SSSR count). The average Bonchev–Trinajstić information content (AvgIpc) is 2.68. The highest BCUT2D eigenvalue weighted by molar-refractivity contribution is 5.66. The van der Waals surface area contributed by atoms with Crippen molar-refractivity contribution in [1.29, 1.82) is 0 Å². The van der Waals surface area contributed by atoms with Gasteiger partial charge in [-0.05, 0) is 31.4 Å². The standard InChI is InChI=1S/C25H42O4/c26-23-19-17-20-24(27)22(23)18-15-13-11-9-7-5-3-1-2-4-6-8-10-12-14-16-21-25(28)29/h17,19-20,26-27H,1-16,18,21H2,(H,28,29). The largest absolute Gasteiger partial charge is 0.508 e. The van der Waals surface area contributed by atoms with Gasteiger partial charge in [0.1, 0.15) is 11.5 Å². The second-order valence-corrected chi connectivity index (χ2v) is 8.33. The highest BCUT2D eigenvalue weighted by atomic mass is 16.4. The molecule has 4 heteroatoms. The molecule has 3 N–H and O–H groups in total. The van der Waals surface area contributed by atoms with E-state index < -0.39 is 5.97 Å². The van der Waals surface area contributed by atoms with Crippen LogP contribution in [0.15, 0.2) is 18.2 Å². The summed E-state index contributed by atoms with van der Waals surface area (Å²) in [7, 11) is 0. The summed E-state index contributed by atoms with van der Waals surface area (Å²) in [6, 6.07) is 4.95.